The van der Waals surface area contributed by atoms with Crippen LogP contribution in [0, 0.1) is 12.8 Å². The fourth-order valence-electron chi connectivity index (χ4n) is 3.83. The van der Waals surface area contributed by atoms with E-state index in [2.05, 4.69) is 25.5 Å². The van der Waals surface area contributed by atoms with Gasteiger partial charge in [-0.1, -0.05) is 11.3 Å². The third-order valence-corrected chi connectivity index (χ3v) is 7.66. The molecule has 2 aromatic rings. The minimum absolute atomic E-state index is 0.0225. The van der Waals surface area contributed by atoms with E-state index in [4.69, 9.17) is 4.74 Å². The number of nitrogens with zero attached hydrogens (tertiary/aromatic N) is 3. The smallest absolute Gasteiger partial charge is 0.264 e. The molecule has 8 nitrogen and oxygen atoms in total. The van der Waals surface area contributed by atoms with Crippen molar-refractivity contribution in [3.05, 3.63) is 39.7 Å². The van der Waals surface area contributed by atoms with Crippen LogP contribution in [0.15, 0.2) is 34.3 Å². The van der Waals surface area contributed by atoms with Crippen LogP contribution in [0.25, 0.3) is 6.08 Å². The molecule has 1 aromatic carbocycles. The molecule has 0 unspecified atom stereocenters. The van der Waals surface area contributed by atoms with Crippen molar-refractivity contribution >= 4 is 57.0 Å². The zero-order valence-corrected chi connectivity index (χ0v) is 20.6. The Bertz CT molecular complexity index is 1150. The predicted octanol–water partition coefficient (Wildman–Crippen LogP) is 4.17. The van der Waals surface area contributed by atoms with Gasteiger partial charge < -0.3 is 15.4 Å². The van der Waals surface area contributed by atoms with Crippen LogP contribution in [0.3, 0.4) is 0 Å². The number of carbonyl (C=O) groups excluding carboxylic acids is 2. The molecule has 1 saturated carbocycles. The maximum Gasteiger partial charge on any atom is 0.264 e. The second-order valence-electron chi connectivity index (χ2n) is 8.66. The van der Waals surface area contributed by atoms with E-state index in [1.807, 2.05) is 25.1 Å². The molecule has 0 spiro atoms. The maximum atomic E-state index is 12.4. The summed E-state index contributed by atoms with van der Waals surface area (Å²) in [5, 5.41) is 6.75. The van der Waals surface area contributed by atoms with E-state index in [1.165, 1.54) is 49.0 Å². The Balaban J connectivity index is 1.19. The highest BCUT2D eigenvalue weighted by molar-refractivity contribution is 8.18. The van der Waals surface area contributed by atoms with Crippen molar-refractivity contribution in [2.75, 3.05) is 31.6 Å². The van der Waals surface area contributed by atoms with Crippen molar-refractivity contribution in [1.29, 1.82) is 0 Å². The largest absolute Gasteiger partial charge is 0.492 e. The molecule has 5 rings (SSSR count). The molecule has 0 radical (unpaired) electrons. The maximum absolute atomic E-state index is 12.4. The molecule has 2 aliphatic heterocycles. The summed E-state index contributed by atoms with van der Waals surface area (Å²) in [6.45, 7) is 5.95. The van der Waals surface area contributed by atoms with E-state index in [0.717, 1.165) is 41.3 Å². The molecule has 1 aromatic heterocycles. The summed E-state index contributed by atoms with van der Waals surface area (Å²) in [7, 11) is 0. The average Bonchev–Trinajstić information content (AvgIpc) is 3.18. The van der Waals surface area contributed by atoms with Gasteiger partial charge in [0.2, 0.25) is 5.91 Å². The van der Waals surface area contributed by atoms with Gasteiger partial charge in [-0.15, -0.1) is 0 Å². The van der Waals surface area contributed by atoms with E-state index in [9.17, 15) is 9.59 Å². The number of ether oxygens (including phenoxy) is 1. The van der Waals surface area contributed by atoms with Crippen molar-refractivity contribution in [3.63, 3.8) is 0 Å². The van der Waals surface area contributed by atoms with Crippen molar-refractivity contribution in [2.45, 2.75) is 32.6 Å². The van der Waals surface area contributed by atoms with Crippen LogP contribution < -0.4 is 15.4 Å². The SMILES string of the molecule is Cc1cc(OCCN2CCCC2)ccc1N=C1NC(=O)/C(=C/c2cnc(NC(=O)C3CC3)s2)S1. The van der Waals surface area contributed by atoms with Crippen molar-refractivity contribution in [1.82, 2.24) is 15.2 Å². The number of hydrogen-bond donors (Lipinski definition) is 2. The number of nitrogens with one attached hydrogen (secondary N) is 2. The number of likely N-dealkylation sites (tertiary alicyclic amines) is 1. The highest BCUT2D eigenvalue weighted by atomic mass is 32.2. The summed E-state index contributed by atoms with van der Waals surface area (Å²) < 4.78 is 5.91. The summed E-state index contributed by atoms with van der Waals surface area (Å²) in [6.07, 6.45) is 7.89. The Hall–Kier alpha value is -2.69. The summed E-state index contributed by atoms with van der Waals surface area (Å²) in [6, 6.07) is 5.82. The number of amidine groups is 1. The second-order valence-corrected chi connectivity index (χ2v) is 10.8. The van der Waals surface area contributed by atoms with Gasteiger partial charge in [0.15, 0.2) is 10.3 Å². The minimum atomic E-state index is -0.194. The van der Waals surface area contributed by atoms with Gasteiger partial charge in [-0.3, -0.25) is 14.5 Å². The normalized spacial score (nSPS) is 20.8. The molecule has 0 atom stereocenters. The van der Waals surface area contributed by atoms with Gasteiger partial charge in [0.25, 0.3) is 5.91 Å². The Morgan fingerprint density at radius 3 is 2.94 bits per heavy atom. The number of aliphatic imine (C=N–C) groups is 1. The number of thiazole rings is 1. The number of hydrogen-bond acceptors (Lipinski definition) is 8. The lowest BCUT2D eigenvalue weighted by Gasteiger charge is -2.15. The third-order valence-electron chi connectivity index (χ3n) is 5.89. The van der Waals surface area contributed by atoms with Gasteiger partial charge in [-0.2, -0.15) is 0 Å². The Morgan fingerprint density at radius 2 is 2.18 bits per heavy atom. The van der Waals surface area contributed by atoms with Crippen LogP contribution >= 0.6 is 23.1 Å². The van der Waals surface area contributed by atoms with Gasteiger partial charge in [0, 0.05) is 18.7 Å². The molecule has 10 heteroatoms. The first kappa shape index (κ1) is 23.1. The lowest BCUT2D eigenvalue weighted by molar-refractivity contribution is -0.117. The molecule has 0 bridgehead atoms. The summed E-state index contributed by atoms with van der Waals surface area (Å²) >= 11 is 2.64. The lowest BCUT2D eigenvalue weighted by atomic mass is 10.2. The summed E-state index contributed by atoms with van der Waals surface area (Å²) in [5.41, 5.74) is 1.77. The van der Waals surface area contributed by atoms with Gasteiger partial charge in [-0.25, -0.2) is 9.98 Å². The van der Waals surface area contributed by atoms with Gasteiger partial charge in [-0.05, 0) is 87.3 Å². The molecular formula is C24H27N5O3S2. The highest BCUT2D eigenvalue weighted by Gasteiger charge is 2.30. The molecule has 34 heavy (non-hydrogen) atoms. The van der Waals surface area contributed by atoms with Gasteiger partial charge >= 0.3 is 0 Å². The van der Waals surface area contributed by atoms with E-state index in [0.29, 0.717) is 21.8 Å². The van der Waals surface area contributed by atoms with Crippen LogP contribution in [0.1, 0.15) is 36.1 Å². The summed E-state index contributed by atoms with van der Waals surface area (Å²) in [4.78, 5) is 37.0. The van der Waals surface area contributed by atoms with Crippen LogP contribution in [0.2, 0.25) is 0 Å². The van der Waals surface area contributed by atoms with E-state index < -0.39 is 0 Å². The van der Waals surface area contributed by atoms with E-state index in [-0.39, 0.29) is 17.7 Å². The first-order chi connectivity index (χ1) is 16.5. The summed E-state index contributed by atoms with van der Waals surface area (Å²) in [5.74, 6) is 0.786. The Kier molecular flexibility index (Phi) is 6.98. The van der Waals surface area contributed by atoms with Gasteiger partial charge in [0.05, 0.1) is 15.5 Å². The number of carbonyl (C=O) groups is 2. The monoisotopic (exact) mass is 497 g/mol. The third kappa shape index (κ3) is 5.86. The fourth-order valence-corrected chi connectivity index (χ4v) is 5.49. The minimum Gasteiger partial charge on any atom is -0.492 e. The molecule has 2 amide bonds. The van der Waals surface area contributed by atoms with Crippen molar-refractivity contribution in [3.8, 4) is 5.75 Å². The number of rotatable bonds is 8. The zero-order chi connectivity index (χ0) is 23.5. The van der Waals surface area contributed by atoms with E-state index >= 15 is 0 Å². The molecule has 178 valence electrons. The number of aromatic nitrogens is 1. The lowest BCUT2D eigenvalue weighted by Crippen LogP contribution is -2.25. The predicted molar refractivity (Wildman–Crippen MR) is 137 cm³/mol. The molecular weight excluding hydrogens is 470 g/mol. The first-order valence-electron chi connectivity index (χ1n) is 11.6. The number of aryl methyl sites for hydroxylation is 1. The first-order valence-corrected chi connectivity index (χ1v) is 13.2. The number of thioether (sulfide) groups is 1. The van der Waals surface area contributed by atoms with E-state index in [1.54, 1.807) is 12.3 Å². The number of benzene rings is 1. The zero-order valence-electron chi connectivity index (χ0n) is 19.0. The van der Waals surface area contributed by atoms with Crippen LogP contribution in [-0.2, 0) is 9.59 Å². The standard InChI is InChI=1S/C24H27N5O3S2/c1-15-12-17(32-11-10-29-8-2-3-9-29)6-7-19(15)26-24-28-22(31)20(34-24)13-18-14-25-23(33-18)27-21(30)16-4-5-16/h6-7,12-14,16H,2-5,8-11H2,1H3,(H,25,27,30)(H,26,28,31)/b20-13-. The van der Waals surface area contributed by atoms with Crippen molar-refractivity contribution in [2.24, 2.45) is 10.9 Å². The fraction of sp³-hybridized carbons (Fsp3) is 0.417. The number of amides is 2. The van der Waals surface area contributed by atoms with Crippen LogP contribution in [0.5, 0.6) is 5.75 Å². The molecule has 3 heterocycles. The quantitative estimate of drug-likeness (QED) is 0.532. The molecule has 3 fully saturated rings. The Labute approximate surface area is 206 Å². The molecule has 3 aliphatic rings. The Morgan fingerprint density at radius 1 is 1.35 bits per heavy atom. The molecule has 2 N–H and O–H groups in total. The topological polar surface area (TPSA) is 95.9 Å². The second kappa shape index (κ2) is 10.3. The number of anilines is 1. The van der Waals surface area contributed by atoms with Gasteiger partial charge in [0.1, 0.15) is 12.4 Å². The van der Waals surface area contributed by atoms with Crippen molar-refractivity contribution < 1.29 is 14.3 Å². The van der Waals surface area contributed by atoms with Crippen LogP contribution in [0.4, 0.5) is 10.8 Å². The molecule has 1 aliphatic carbocycles. The average molecular weight is 498 g/mol. The molecule has 2 saturated heterocycles. The highest BCUT2D eigenvalue weighted by Crippen LogP contribution is 2.33. The van der Waals surface area contributed by atoms with Crippen LogP contribution in [-0.4, -0.2) is 53.1 Å².